The summed E-state index contributed by atoms with van der Waals surface area (Å²) in [6.07, 6.45) is 2.93. The number of aromatic nitrogens is 4. The Morgan fingerprint density at radius 1 is 0.896 bits per heavy atom. The van der Waals surface area contributed by atoms with Gasteiger partial charge in [0, 0.05) is 35.5 Å². The van der Waals surface area contributed by atoms with Crippen LogP contribution in [0.25, 0.3) is 16.5 Å². The van der Waals surface area contributed by atoms with E-state index >= 15 is 0 Å². The summed E-state index contributed by atoms with van der Waals surface area (Å²) >= 11 is 0. The number of carbonyl (C=O) groups is 1. The molecular formula is C36H34N6O5S. The molecule has 0 radical (unpaired) electrons. The van der Waals surface area contributed by atoms with Gasteiger partial charge in [0.05, 0.1) is 23.3 Å². The summed E-state index contributed by atoms with van der Waals surface area (Å²) in [4.78, 5) is 22.3. The second-order valence-electron chi connectivity index (χ2n) is 11.6. The smallest absolute Gasteiger partial charge is 0.324 e. The standard InChI is InChI=1S/C36H34N6O5S/c1-23(2)31-22-34(42(41-31)26-14-12-24(3)13-15-26)40-36(43)38-30-16-17-32(29-11-6-5-10-28(29)30)46-35-18-19-37-33(39-35)21-25-8-7-9-27(20-25)47-48(4,44)45/h5-20,22-23H,21H2,1-4H3,(H2,38,40,43). The van der Waals surface area contributed by atoms with Crippen LogP contribution in [-0.4, -0.2) is 40.5 Å². The number of amides is 2. The van der Waals surface area contributed by atoms with Crippen LogP contribution in [0.5, 0.6) is 17.4 Å². The summed E-state index contributed by atoms with van der Waals surface area (Å²) in [5.74, 6) is 2.30. The summed E-state index contributed by atoms with van der Waals surface area (Å²) in [5.41, 5.74) is 4.21. The van der Waals surface area contributed by atoms with E-state index in [1.54, 1.807) is 47.3 Å². The van der Waals surface area contributed by atoms with E-state index in [1.165, 1.54) is 0 Å². The molecule has 0 fully saturated rings. The Kier molecular flexibility index (Phi) is 9.08. The zero-order valence-electron chi connectivity index (χ0n) is 26.8. The van der Waals surface area contributed by atoms with E-state index in [4.69, 9.17) is 14.0 Å². The maximum atomic E-state index is 13.3. The highest BCUT2D eigenvalue weighted by Crippen LogP contribution is 2.34. The third-order valence-corrected chi connectivity index (χ3v) is 7.87. The molecule has 48 heavy (non-hydrogen) atoms. The summed E-state index contributed by atoms with van der Waals surface area (Å²) in [6.45, 7) is 6.14. The van der Waals surface area contributed by atoms with Gasteiger partial charge < -0.3 is 14.2 Å². The molecule has 0 aliphatic rings. The Hall–Kier alpha value is -5.75. The van der Waals surface area contributed by atoms with E-state index in [1.807, 2.05) is 67.6 Å². The lowest BCUT2D eigenvalue weighted by atomic mass is 10.1. The average molecular weight is 663 g/mol. The molecule has 6 aromatic rings. The number of hydrogen-bond donors (Lipinski definition) is 2. The quantitative estimate of drug-likeness (QED) is 0.143. The highest BCUT2D eigenvalue weighted by molar-refractivity contribution is 7.86. The van der Waals surface area contributed by atoms with Gasteiger partial charge in [0.25, 0.3) is 0 Å². The molecule has 12 heteroatoms. The first kappa shape index (κ1) is 32.2. The first-order valence-electron chi connectivity index (χ1n) is 15.3. The molecule has 4 aromatic carbocycles. The second kappa shape index (κ2) is 13.5. The number of ether oxygens (including phenoxy) is 1. The van der Waals surface area contributed by atoms with Crippen molar-refractivity contribution < 1.29 is 22.1 Å². The molecule has 0 aliphatic heterocycles. The van der Waals surface area contributed by atoms with Gasteiger partial charge >= 0.3 is 16.1 Å². The van der Waals surface area contributed by atoms with Crippen molar-refractivity contribution in [2.75, 3.05) is 16.9 Å². The van der Waals surface area contributed by atoms with E-state index in [0.717, 1.165) is 39.5 Å². The molecule has 6 rings (SSSR count). The SMILES string of the molecule is Cc1ccc(-n2nc(C(C)C)cc2NC(=O)Nc2ccc(Oc3ccnc(Cc4cccc(OS(C)(=O)=O)c4)n3)c3ccccc23)cc1. The van der Waals surface area contributed by atoms with Crippen molar-refractivity contribution >= 4 is 38.4 Å². The molecular weight excluding hydrogens is 628 g/mol. The maximum absolute atomic E-state index is 13.3. The number of aryl methyl sites for hydroxylation is 1. The van der Waals surface area contributed by atoms with Crippen molar-refractivity contribution in [1.82, 2.24) is 19.7 Å². The average Bonchev–Trinajstić information content (AvgIpc) is 3.46. The minimum Gasteiger partial charge on any atom is -0.438 e. The molecule has 0 saturated carbocycles. The van der Waals surface area contributed by atoms with E-state index < -0.39 is 16.1 Å². The van der Waals surface area contributed by atoms with Gasteiger partial charge in [-0.2, -0.15) is 18.5 Å². The van der Waals surface area contributed by atoms with Gasteiger partial charge in [-0.05, 0) is 54.8 Å². The number of benzene rings is 4. The molecule has 0 unspecified atom stereocenters. The van der Waals surface area contributed by atoms with Gasteiger partial charge in [0.1, 0.15) is 23.1 Å². The lowest BCUT2D eigenvalue weighted by molar-refractivity contribution is 0.262. The van der Waals surface area contributed by atoms with Crippen molar-refractivity contribution in [3.8, 4) is 23.1 Å². The highest BCUT2D eigenvalue weighted by Gasteiger charge is 2.17. The molecule has 2 heterocycles. The number of anilines is 2. The van der Waals surface area contributed by atoms with Gasteiger partial charge in [-0.1, -0.05) is 67.9 Å². The number of urea groups is 1. The summed E-state index contributed by atoms with van der Waals surface area (Å²) < 4.78 is 36.0. The van der Waals surface area contributed by atoms with Crippen LogP contribution in [0.3, 0.4) is 0 Å². The normalized spacial score (nSPS) is 11.4. The zero-order valence-corrected chi connectivity index (χ0v) is 27.7. The van der Waals surface area contributed by atoms with Crippen LogP contribution in [0, 0.1) is 6.92 Å². The van der Waals surface area contributed by atoms with Crippen molar-refractivity contribution in [2.24, 2.45) is 0 Å². The summed E-state index contributed by atoms with van der Waals surface area (Å²) in [7, 11) is -3.65. The minimum absolute atomic E-state index is 0.176. The first-order chi connectivity index (χ1) is 23.0. The molecule has 244 valence electrons. The van der Waals surface area contributed by atoms with Gasteiger partial charge in [-0.3, -0.25) is 5.32 Å². The number of carbonyl (C=O) groups excluding carboxylic acids is 1. The largest absolute Gasteiger partial charge is 0.438 e. The Bertz CT molecular complexity index is 2210. The predicted octanol–water partition coefficient (Wildman–Crippen LogP) is 7.61. The van der Waals surface area contributed by atoms with Crippen LogP contribution < -0.4 is 19.6 Å². The van der Waals surface area contributed by atoms with Crippen LogP contribution in [0.15, 0.2) is 103 Å². The van der Waals surface area contributed by atoms with Crippen LogP contribution in [-0.2, 0) is 16.5 Å². The topological polar surface area (TPSA) is 137 Å². The first-order valence-corrected chi connectivity index (χ1v) is 17.1. The molecule has 2 aromatic heterocycles. The van der Waals surface area contributed by atoms with Crippen LogP contribution >= 0.6 is 0 Å². The summed E-state index contributed by atoms with van der Waals surface area (Å²) in [5, 5.41) is 12.2. The Morgan fingerprint density at radius 3 is 2.42 bits per heavy atom. The Morgan fingerprint density at radius 2 is 1.67 bits per heavy atom. The van der Waals surface area contributed by atoms with Crippen LogP contribution in [0.2, 0.25) is 0 Å². The number of nitrogens with zero attached hydrogens (tertiary/aromatic N) is 4. The second-order valence-corrected chi connectivity index (χ2v) is 13.2. The van der Waals surface area contributed by atoms with Gasteiger partial charge in [-0.25, -0.2) is 14.5 Å². The fourth-order valence-corrected chi connectivity index (χ4v) is 5.55. The zero-order chi connectivity index (χ0) is 33.8. The van der Waals surface area contributed by atoms with Crippen LogP contribution in [0.1, 0.15) is 42.4 Å². The number of fused-ring (bicyclic) bond motifs is 1. The molecule has 2 amide bonds. The van der Waals surface area contributed by atoms with E-state index in [9.17, 15) is 13.2 Å². The number of nitrogens with one attached hydrogen (secondary N) is 2. The summed E-state index contributed by atoms with van der Waals surface area (Å²) in [6, 6.07) is 29.0. The molecule has 11 nitrogen and oxygen atoms in total. The molecule has 2 N–H and O–H groups in total. The van der Waals surface area contributed by atoms with E-state index in [-0.39, 0.29) is 11.7 Å². The van der Waals surface area contributed by atoms with Crippen molar-refractivity contribution in [2.45, 2.75) is 33.1 Å². The minimum atomic E-state index is -3.65. The lowest BCUT2D eigenvalue weighted by Gasteiger charge is -2.14. The van der Waals surface area contributed by atoms with Gasteiger partial charge in [0.15, 0.2) is 0 Å². The highest BCUT2D eigenvalue weighted by atomic mass is 32.2. The molecule has 0 saturated heterocycles. The van der Waals surface area contributed by atoms with E-state index in [2.05, 4.69) is 34.4 Å². The molecule has 0 bridgehead atoms. The lowest BCUT2D eigenvalue weighted by Crippen LogP contribution is -2.21. The third kappa shape index (κ3) is 7.78. The van der Waals surface area contributed by atoms with Crippen molar-refractivity contribution in [3.05, 3.63) is 126 Å². The third-order valence-electron chi connectivity index (χ3n) is 7.37. The number of hydrogen-bond acceptors (Lipinski definition) is 8. The predicted molar refractivity (Wildman–Crippen MR) is 186 cm³/mol. The van der Waals surface area contributed by atoms with Gasteiger partial charge in [0.2, 0.25) is 5.88 Å². The number of rotatable bonds is 10. The molecule has 0 aliphatic carbocycles. The van der Waals surface area contributed by atoms with Crippen molar-refractivity contribution in [1.29, 1.82) is 0 Å². The Labute approximate surface area is 278 Å². The monoisotopic (exact) mass is 662 g/mol. The Balaban J connectivity index is 1.20. The van der Waals surface area contributed by atoms with Crippen molar-refractivity contribution in [3.63, 3.8) is 0 Å². The maximum Gasteiger partial charge on any atom is 0.324 e. The fourth-order valence-electron chi connectivity index (χ4n) is 5.09. The van der Waals surface area contributed by atoms with Gasteiger partial charge in [-0.15, -0.1) is 0 Å². The van der Waals surface area contributed by atoms with Crippen LogP contribution in [0.4, 0.5) is 16.3 Å². The van der Waals surface area contributed by atoms with E-state index in [0.29, 0.717) is 35.4 Å². The fraction of sp³-hybridized carbons (Fsp3) is 0.167. The molecule has 0 atom stereocenters. The molecule has 0 spiro atoms.